The standard InChI is InChI=1S/C23H26N4O3/c1-26(2)11-4-12-27-14-25-23-21(22(27)24)20(15-5-8-17(29-3)9-6-15)18-10-7-16(28)13-19(18)30-23/h5-10,13-14,20,24,28H,4,11-12H2,1-3H3/p+1/t20-/m1/s1. The molecular formula is C23H27N4O3+. The van der Waals surface area contributed by atoms with E-state index >= 15 is 0 Å². The summed E-state index contributed by atoms with van der Waals surface area (Å²) in [5, 5.41) is 9.95. The van der Waals surface area contributed by atoms with Gasteiger partial charge in [-0.05, 0) is 44.3 Å². The minimum Gasteiger partial charge on any atom is -0.508 e. The van der Waals surface area contributed by atoms with Crippen molar-refractivity contribution >= 4 is 5.82 Å². The fourth-order valence-electron chi connectivity index (χ4n) is 3.86. The molecule has 0 radical (unpaired) electrons. The molecule has 0 amide bonds. The molecule has 7 heteroatoms. The van der Waals surface area contributed by atoms with Crippen LogP contribution in [0.3, 0.4) is 0 Å². The van der Waals surface area contributed by atoms with Gasteiger partial charge in [0, 0.05) is 18.2 Å². The van der Waals surface area contributed by atoms with E-state index in [-0.39, 0.29) is 11.7 Å². The van der Waals surface area contributed by atoms with E-state index < -0.39 is 0 Å². The fraction of sp³-hybridized carbons (Fsp3) is 0.304. The van der Waals surface area contributed by atoms with Crippen LogP contribution in [0.15, 0.2) is 48.8 Å². The maximum Gasteiger partial charge on any atom is 0.306 e. The summed E-state index contributed by atoms with van der Waals surface area (Å²) in [6.07, 6.45) is 2.68. The molecule has 2 aromatic carbocycles. The Morgan fingerprint density at radius 3 is 2.67 bits per heavy atom. The van der Waals surface area contributed by atoms with E-state index in [9.17, 15) is 5.11 Å². The van der Waals surface area contributed by atoms with Gasteiger partial charge in [0.05, 0.1) is 19.6 Å². The summed E-state index contributed by atoms with van der Waals surface area (Å²) >= 11 is 0. The second kappa shape index (κ2) is 8.20. The van der Waals surface area contributed by atoms with Crippen LogP contribution in [0.1, 0.15) is 29.0 Å². The van der Waals surface area contributed by atoms with Crippen LogP contribution in [0.25, 0.3) is 0 Å². The number of anilines is 1. The van der Waals surface area contributed by atoms with Crippen molar-refractivity contribution in [3.8, 4) is 23.1 Å². The number of phenols is 1. The summed E-state index contributed by atoms with van der Waals surface area (Å²) in [5.41, 5.74) is 9.47. The Bertz CT molecular complexity index is 1050. The molecule has 4 rings (SSSR count). The monoisotopic (exact) mass is 407 g/mol. The summed E-state index contributed by atoms with van der Waals surface area (Å²) in [6.45, 7) is 1.73. The predicted octanol–water partition coefficient (Wildman–Crippen LogP) is 2.90. The minimum atomic E-state index is -0.163. The van der Waals surface area contributed by atoms with Crippen LogP contribution in [0, 0.1) is 0 Å². The van der Waals surface area contributed by atoms with Gasteiger partial charge in [-0.15, -0.1) is 0 Å². The third kappa shape index (κ3) is 3.76. The van der Waals surface area contributed by atoms with E-state index in [1.165, 1.54) is 0 Å². The molecule has 7 nitrogen and oxygen atoms in total. The van der Waals surface area contributed by atoms with Crippen molar-refractivity contribution in [3.05, 3.63) is 65.5 Å². The molecule has 0 bridgehead atoms. The van der Waals surface area contributed by atoms with Crippen molar-refractivity contribution in [2.24, 2.45) is 0 Å². The fourth-order valence-corrected chi connectivity index (χ4v) is 3.86. The van der Waals surface area contributed by atoms with Crippen molar-refractivity contribution in [1.29, 1.82) is 0 Å². The zero-order chi connectivity index (χ0) is 21.3. The van der Waals surface area contributed by atoms with Gasteiger partial charge < -0.3 is 25.2 Å². The van der Waals surface area contributed by atoms with Gasteiger partial charge in [0.2, 0.25) is 12.1 Å². The molecule has 1 atom stereocenters. The molecule has 2 heterocycles. The van der Waals surface area contributed by atoms with Gasteiger partial charge in [0.25, 0.3) is 0 Å². The first kappa shape index (κ1) is 20.0. The highest BCUT2D eigenvalue weighted by Crippen LogP contribution is 2.48. The van der Waals surface area contributed by atoms with Crippen molar-refractivity contribution in [1.82, 2.24) is 9.88 Å². The molecule has 0 spiro atoms. The number of phenolic OH excluding ortho intramolecular Hbond substituents is 1. The molecule has 156 valence electrons. The third-order valence-corrected chi connectivity index (χ3v) is 5.39. The molecule has 0 saturated carbocycles. The van der Waals surface area contributed by atoms with Crippen molar-refractivity contribution < 1.29 is 19.1 Å². The topological polar surface area (TPSA) is 84.7 Å². The van der Waals surface area contributed by atoms with E-state index in [0.29, 0.717) is 17.4 Å². The quantitative estimate of drug-likeness (QED) is 0.478. The molecule has 1 aliphatic heterocycles. The van der Waals surface area contributed by atoms with Gasteiger partial charge >= 0.3 is 5.88 Å². The average molecular weight is 407 g/mol. The summed E-state index contributed by atoms with van der Waals surface area (Å²) < 4.78 is 13.3. The molecular weight excluding hydrogens is 380 g/mol. The van der Waals surface area contributed by atoms with Gasteiger partial charge in [-0.1, -0.05) is 23.2 Å². The number of hydrogen-bond donors (Lipinski definition) is 2. The van der Waals surface area contributed by atoms with Crippen LogP contribution in [0.4, 0.5) is 5.82 Å². The number of benzene rings is 2. The van der Waals surface area contributed by atoms with E-state index in [1.54, 1.807) is 25.6 Å². The number of aryl methyl sites for hydroxylation is 1. The SMILES string of the molecule is COc1ccc([C@@H]2c3ccc(O)cc3Oc3nc[n+](CCCN(C)C)c(N)c32)cc1. The Hall–Kier alpha value is -3.32. The van der Waals surface area contributed by atoms with Gasteiger partial charge in [0.1, 0.15) is 22.8 Å². The highest BCUT2D eigenvalue weighted by Gasteiger charge is 2.36. The first-order chi connectivity index (χ1) is 14.5. The maximum absolute atomic E-state index is 9.95. The molecule has 1 aromatic heterocycles. The van der Waals surface area contributed by atoms with Gasteiger partial charge in [0.15, 0.2) is 0 Å². The second-order valence-corrected chi connectivity index (χ2v) is 7.73. The number of hydrogen-bond acceptors (Lipinski definition) is 6. The summed E-state index contributed by atoms with van der Waals surface area (Å²) in [4.78, 5) is 6.70. The number of aromatic hydroxyl groups is 1. The lowest BCUT2D eigenvalue weighted by Gasteiger charge is -2.27. The largest absolute Gasteiger partial charge is 0.508 e. The molecule has 0 aliphatic carbocycles. The lowest BCUT2D eigenvalue weighted by atomic mass is 9.83. The Morgan fingerprint density at radius 1 is 1.20 bits per heavy atom. The van der Waals surface area contributed by atoms with Crippen molar-refractivity contribution in [2.75, 3.05) is 33.5 Å². The second-order valence-electron chi connectivity index (χ2n) is 7.73. The number of methoxy groups -OCH3 is 1. The van der Waals surface area contributed by atoms with Crippen LogP contribution in [0.5, 0.6) is 23.1 Å². The van der Waals surface area contributed by atoms with Crippen LogP contribution < -0.4 is 19.8 Å². The Kier molecular flexibility index (Phi) is 5.46. The lowest BCUT2D eigenvalue weighted by molar-refractivity contribution is -0.686. The summed E-state index contributed by atoms with van der Waals surface area (Å²) in [5.74, 6) is 2.46. The molecule has 3 aromatic rings. The zero-order valence-corrected chi connectivity index (χ0v) is 17.5. The number of nitrogens with two attached hydrogens (primary N) is 1. The van der Waals surface area contributed by atoms with E-state index in [2.05, 4.69) is 24.0 Å². The Labute approximate surface area is 176 Å². The summed E-state index contributed by atoms with van der Waals surface area (Å²) in [7, 11) is 5.76. The number of fused-ring (bicyclic) bond motifs is 2. The molecule has 0 unspecified atom stereocenters. The minimum absolute atomic E-state index is 0.147. The highest BCUT2D eigenvalue weighted by molar-refractivity contribution is 5.62. The normalized spacial score (nSPS) is 14.7. The number of ether oxygens (including phenoxy) is 2. The Morgan fingerprint density at radius 2 is 1.97 bits per heavy atom. The van der Waals surface area contributed by atoms with E-state index in [4.69, 9.17) is 15.2 Å². The predicted molar refractivity (Wildman–Crippen MR) is 114 cm³/mol. The Balaban J connectivity index is 1.81. The molecule has 30 heavy (non-hydrogen) atoms. The smallest absolute Gasteiger partial charge is 0.306 e. The number of aromatic nitrogens is 2. The number of nitrogen functional groups attached to an aromatic ring is 1. The first-order valence-electron chi connectivity index (χ1n) is 9.95. The number of rotatable bonds is 6. The third-order valence-electron chi connectivity index (χ3n) is 5.39. The zero-order valence-electron chi connectivity index (χ0n) is 17.5. The highest BCUT2D eigenvalue weighted by atomic mass is 16.5. The maximum atomic E-state index is 9.95. The van der Waals surface area contributed by atoms with Crippen LogP contribution in [0.2, 0.25) is 0 Å². The van der Waals surface area contributed by atoms with Gasteiger partial charge in [-0.25, -0.2) is 4.57 Å². The average Bonchev–Trinajstić information content (AvgIpc) is 2.73. The van der Waals surface area contributed by atoms with E-state index in [0.717, 1.165) is 42.0 Å². The molecule has 0 fully saturated rings. The lowest BCUT2D eigenvalue weighted by Crippen LogP contribution is -2.40. The van der Waals surface area contributed by atoms with Crippen molar-refractivity contribution in [2.45, 2.75) is 18.9 Å². The van der Waals surface area contributed by atoms with E-state index in [1.807, 2.05) is 34.9 Å². The molecule has 1 aliphatic rings. The van der Waals surface area contributed by atoms with Crippen LogP contribution >= 0.6 is 0 Å². The first-order valence-corrected chi connectivity index (χ1v) is 9.95. The van der Waals surface area contributed by atoms with Crippen molar-refractivity contribution in [3.63, 3.8) is 0 Å². The van der Waals surface area contributed by atoms with Gasteiger partial charge in [-0.3, -0.25) is 0 Å². The van der Waals surface area contributed by atoms with Crippen LogP contribution in [-0.4, -0.2) is 42.7 Å². The summed E-state index contributed by atoms with van der Waals surface area (Å²) in [6, 6.07) is 13.1. The number of nitrogens with zero attached hydrogens (tertiary/aromatic N) is 3. The molecule has 0 saturated heterocycles. The molecule has 3 N–H and O–H groups in total. The van der Waals surface area contributed by atoms with Crippen LogP contribution in [-0.2, 0) is 6.54 Å². The van der Waals surface area contributed by atoms with Gasteiger partial charge in [-0.2, -0.15) is 0 Å².